The Balaban J connectivity index is 1.49. The number of rotatable bonds is 4. The molecule has 2 aromatic rings. The third-order valence-electron chi connectivity index (χ3n) is 4.28. The van der Waals surface area contributed by atoms with Crippen LogP contribution in [0.4, 0.5) is 10.5 Å². The van der Waals surface area contributed by atoms with Gasteiger partial charge in [0.05, 0.1) is 7.11 Å². The predicted molar refractivity (Wildman–Crippen MR) is 94.9 cm³/mol. The molecule has 2 amide bonds. The second-order valence-corrected chi connectivity index (χ2v) is 5.84. The third kappa shape index (κ3) is 4.12. The van der Waals surface area contributed by atoms with Crippen LogP contribution in [0.1, 0.15) is 5.56 Å². The van der Waals surface area contributed by atoms with Crippen LogP contribution in [0.25, 0.3) is 0 Å². The van der Waals surface area contributed by atoms with E-state index >= 15 is 0 Å². The van der Waals surface area contributed by atoms with E-state index in [1.807, 2.05) is 18.2 Å². The quantitative estimate of drug-likeness (QED) is 0.886. The molecule has 3 rings (SSSR count). The van der Waals surface area contributed by atoms with Crippen molar-refractivity contribution in [2.75, 3.05) is 38.2 Å². The number of nitrogens with zero attached hydrogens (tertiary/aromatic N) is 3. The fourth-order valence-electron chi connectivity index (χ4n) is 2.86. The number of ether oxygens (including phenoxy) is 1. The molecule has 0 aliphatic carbocycles. The van der Waals surface area contributed by atoms with Crippen molar-refractivity contribution in [3.63, 3.8) is 0 Å². The molecule has 0 radical (unpaired) electrons. The first-order chi connectivity index (χ1) is 12.2. The van der Waals surface area contributed by atoms with E-state index in [-0.39, 0.29) is 11.8 Å². The van der Waals surface area contributed by atoms with E-state index in [9.17, 15) is 9.90 Å². The number of urea groups is 1. The summed E-state index contributed by atoms with van der Waals surface area (Å²) >= 11 is 0. The Morgan fingerprint density at radius 1 is 1.20 bits per heavy atom. The number of hydrogen-bond acceptors (Lipinski definition) is 5. The second-order valence-electron chi connectivity index (χ2n) is 5.84. The van der Waals surface area contributed by atoms with E-state index in [1.165, 1.54) is 7.11 Å². The molecular weight excluding hydrogens is 320 g/mol. The van der Waals surface area contributed by atoms with Gasteiger partial charge in [-0.15, -0.1) is 0 Å². The van der Waals surface area contributed by atoms with Crippen molar-refractivity contribution in [2.45, 2.75) is 6.54 Å². The van der Waals surface area contributed by atoms with Crippen LogP contribution in [0.5, 0.6) is 11.5 Å². The minimum atomic E-state index is -0.0929. The number of piperazine rings is 1. The van der Waals surface area contributed by atoms with E-state index in [2.05, 4.69) is 15.2 Å². The summed E-state index contributed by atoms with van der Waals surface area (Å²) in [5.74, 6) is 0.488. The van der Waals surface area contributed by atoms with Gasteiger partial charge in [0.2, 0.25) is 0 Å². The van der Waals surface area contributed by atoms with Crippen LogP contribution in [0.15, 0.2) is 42.7 Å². The van der Waals surface area contributed by atoms with E-state index < -0.39 is 0 Å². The molecule has 7 heteroatoms. The van der Waals surface area contributed by atoms with Gasteiger partial charge >= 0.3 is 6.03 Å². The Hall–Kier alpha value is -2.96. The Morgan fingerprint density at radius 3 is 2.56 bits per heavy atom. The summed E-state index contributed by atoms with van der Waals surface area (Å²) in [6.07, 6.45) is 3.55. The highest BCUT2D eigenvalue weighted by Gasteiger charge is 2.21. The molecule has 7 nitrogen and oxygen atoms in total. The summed E-state index contributed by atoms with van der Waals surface area (Å²) in [5.41, 5.74) is 1.95. The minimum Gasteiger partial charge on any atom is -0.504 e. The summed E-state index contributed by atoms with van der Waals surface area (Å²) in [6, 6.07) is 8.97. The normalized spacial score (nSPS) is 14.3. The molecule has 0 saturated carbocycles. The number of anilines is 1. The van der Waals surface area contributed by atoms with E-state index in [4.69, 9.17) is 4.74 Å². The molecule has 0 atom stereocenters. The lowest BCUT2D eigenvalue weighted by Crippen LogP contribution is -2.51. The molecule has 1 fully saturated rings. The van der Waals surface area contributed by atoms with E-state index in [1.54, 1.807) is 29.4 Å². The van der Waals surface area contributed by atoms with Crippen molar-refractivity contribution in [3.05, 3.63) is 48.3 Å². The van der Waals surface area contributed by atoms with Gasteiger partial charge in [0.15, 0.2) is 11.5 Å². The number of carbonyl (C=O) groups excluding carboxylic acids is 1. The van der Waals surface area contributed by atoms with Gasteiger partial charge in [0.1, 0.15) is 0 Å². The summed E-state index contributed by atoms with van der Waals surface area (Å²) in [6.45, 7) is 3.28. The molecule has 25 heavy (non-hydrogen) atoms. The number of amides is 2. The van der Waals surface area contributed by atoms with Crippen molar-refractivity contribution in [1.82, 2.24) is 15.2 Å². The van der Waals surface area contributed by atoms with Crippen molar-refractivity contribution in [1.29, 1.82) is 0 Å². The number of nitrogens with one attached hydrogen (secondary N) is 1. The molecule has 1 aliphatic heterocycles. The smallest absolute Gasteiger partial charge is 0.317 e. The van der Waals surface area contributed by atoms with Crippen LogP contribution in [0.2, 0.25) is 0 Å². The number of phenols is 1. The standard InChI is InChI=1S/C18H22N4O3/c1-25-17-3-2-14(12-16(17)23)13-20-18(24)22-10-8-21(9-11-22)15-4-6-19-7-5-15/h2-7,12,23H,8-11,13H2,1H3,(H,20,24). The number of hydrogen-bond donors (Lipinski definition) is 2. The largest absolute Gasteiger partial charge is 0.504 e. The van der Waals surface area contributed by atoms with Crippen LogP contribution in [0, 0.1) is 0 Å². The van der Waals surface area contributed by atoms with Gasteiger partial charge in [-0.1, -0.05) is 6.07 Å². The molecule has 0 unspecified atom stereocenters. The molecule has 1 aromatic carbocycles. The summed E-state index contributed by atoms with van der Waals surface area (Å²) in [4.78, 5) is 20.4. The van der Waals surface area contributed by atoms with Crippen LogP contribution in [0.3, 0.4) is 0 Å². The van der Waals surface area contributed by atoms with Gasteiger partial charge in [-0.25, -0.2) is 4.79 Å². The fraction of sp³-hybridized carbons (Fsp3) is 0.333. The van der Waals surface area contributed by atoms with Gasteiger partial charge < -0.3 is 25.0 Å². The van der Waals surface area contributed by atoms with Crippen LogP contribution in [-0.4, -0.2) is 54.3 Å². The Kier molecular flexibility index (Phi) is 5.23. The van der Waals surface area contributed by atoms with E-state index in [0.717, 1.165) is 24.3 Å². The lowest BCUT2D eigenvalue weighted by atomic mass is 10.2. The summed E-state index contributed by atoms with van der Waals surface area (Å²) in [7, 11) is 1.50. The first-order valence-electron chi connectivity index (χ1n) is 8.21. The maximum atomic E-state index is 12.3. The number of aromatic nitrogens is 1. The number of carbonyl (C=O) groups is 1. The number of phenolic OH excluding ortho intramolecular Hbond substituents is 1. The number of pyridine rings is 1. The molecule has 1 aliphatic rings. The van der Waals surface area contributed by atoms with Gasteiger partial charge in [-0.2, -0.15) is 0 Å². The molecule has 1 aromatic heterocycles. The van der Waals surface area contributed by atoms with Crippen molar-refractivity contribution in [2.24, 2.45) is 0 Å². The number of benzene rings is 1. The molecule has 2 N–H and O–H groups in total. The highest BCUT2D eigenvalue weighted by Crippen LogP contribution is 2.26. The molecule has 1 saturated heterocycles. The minimum absolute atomic E-state index is 0.0696. The molecule has 132 valence electrons. The zero-order chi connectivity index (χ0) is 17.6. The van der Waals surface area contributed by atoms with Crippen LogP contribution >= 0.6 is 0 Å². The lowest BCUT2D eigenvalue weighted by molar-refractivity contribution is 0.194. The molecule has 2 heterocycles. The van der Waals surface area contributed by atoms with E-state index in [0.29, 0.717) is 25.4 Å². The number of methoxy groups -OCH3 is 1. The van der Waals surface area contributed by atoms with Crippen molar-refractivity contribution >= 4 is 11.7 Å². The molecule has 0 spiro atoms. The average Bonchev–Trinajstić information content (AvgIpc) is 2.67. The van der Waals surface area contributed by atoms with Gasteiger partial charge in [-0.05, 0) is 29.8 Å². The van der Waals surface area contributed by atoms with Gasteiger partial charge in [0.25, 0.3) is 0 Å². The van der Waals surface area contributed by atoms with Gasteiger partial charge in [0, 0.05) is 50.8 Å². The highest BCUT2D eigenvalue weighted by atomic mass is 16.5. The second kappa shape index (κ2) is 7.74. The summed E-state index contributed by atoms with van der Waals surface area (Å²) < 4.78 is 5.01. The first kappa shape index (κ1) is 16.9. The maximum absolute atomic E-state index is 12.3. The first-order valence-corrected chi connectivity index (χ1v) is 8.21. The monoisotopic (exact) mass is 342 g/mol. The Morgan fingerprint density at radius 2 is 1.92 bits per heavy atom. The lowest BCUT2D eigenvalue weighted by Gasteiger charge is -2.36. The Bertz CT molecular complexity index is 716. The van der Waals surface area contributed by atoms with Crippen molar-refractivity contribution in [3.8, 4) is 11.5 Å². The summed E-state index contributed by atoms with van der Waals surface area (Å²) in [5, 5.41) is 12.7. The molecular formula is C18H22N4O3. The van der Waals surface area contributed by atoms with Gasteiger partial charge in [-0.3, -0.25) is 4.98 Å². The topological polar surface area (TPSA) is 77.9 Å². The molecule has 0 bridgehead atoms. The highest BCUT2D eigenvalue weighted by molar-refractivity contribution is 5.74. The average molecular weight is 342 g/mol. The maximum Gasteiger partial charge on any atom is 0.317 e. The van der Waals surface area contributed by atoms with Crippen molar-refractivity contribution < 1.29 is 14.6 Å². The predicted octanol–water partition coefficient (Wildman–Crippen LogP) is 1.83. The van der Waals surface area contributed by atoms with Crippen LogP contribution < -0.4 is 15.0 Å². The van der Waals surface area contributed by atoms with Crippen LogP contribution in [-0.2, 0) is 6.54 Å². The zero-order valence-corrected chi connectivity index (χ0v) is 14.2. The Labute approximate surface area is 146 Å². The SMILES string of the molecule is COc1ccc(CNC(=O)N2CCN(c3ccncc3)CC2)cc1O. The third-order valence-corrected chi connectivity index (χ3v) is 4.28. The fourth-order valence-corrected chi connectivity index (χ4v) is 2.86. The number of aromatic hydroxyl groups is 1. The zero-order valence-electron chi connectivity index (χ0n) is 14.2.